The highest BCUT2D eigenvalue weighted by atomic mass is 19.4. The number of hydrogen-bond donors (Lipinski definition) is 1. The molecule has 0 saturated carbocycles. The number of carbonyl (C=O) groups excluding carboxylic acids is 1. The molecule has 0 aliphatic heterocycles. The lowest BCUT2D eigenvalue weighted by atomic mass is 10.1. The highest BCUT2D eigenvalue weighted by molar-refractivity contribution is 5.92. The summed E-state index contributed by atoms with van der Waals surface area (Å²) in [7, 11) is 1.65. The van der Waals surface area contributed by atoms with Gasteiger partial charge in [-0.15, -0.1) is 0 Å². The maximum atomic E-state index is 13.1. The van der Waals surface area contributed by atoms with Crippen molar-refractivity contribution in [2.24, 2.45) is 0 Å². The van der Waals surface area contributed by atoms with Crippen LogP contribution in [0.5, 0.6) is 0 Å². The summed E-state index contributed by atoms with van der Waals surface area (Å²) in [4.78, 5) is 17.8. The van der Waals surface area contributed by atoms with E-state index >= 15 is 0 Å². The molecule has 3 aromatic rings. The number of carbonyl (C=O) groups is 1. The van der Waals surface area contributed by atoms with Crippen LogP contribution in [0.25, 0.3) is 11.4 Å². The second-order valence-corrected chi connectivity index (χ2v) is 6.32. The Labute approximate surface area is 163 Å². The number of hydrogen-bond acceptors (Lipinski definition) is 5. The Kier molecular flexibility index (Phi) is 5.92. The van der Waals surface area contributed by atoms with E-state index in [1.54, 1.807) is 18.0 Å². The summed E-state index contributed by atoms with van der Waals surface area (Å²) in [5, 5.41) is 6.32. The average molecular weight is 408 g/mol. The molecule has 0 atom stereocenters. The number of likely N-dealkylation sites (N-methyl/N-ethyl adjacent to an activating group) is 1. The molecule has 0 saturated heterocycles. The summed E-state index contributed by atoms with van der Waals surface area (Å²) in [6.45, 7) is 0.124. The van der Waals surface area contributed by atoms with Gasteiger partial charge in [0.1, 0.15) is 5.82 Å². The molecule has 2 aromatic carbocycles. The van der Waals surface area contributed by atoms with Crippen LogP contribution in [-0.2, 0) is 17.5 Å². The minimum Gasteiger partial charge on any atom is -0.338 e. The van der Waals surface area contributed by atoms with E-state index in [9.17, 15) is 22.4 Å². The number of nitrogens with zero attached hydrogens (tertiary/aromatic N) is 3. The van der Waals surface area contributed by atoms with Crippen LogP contribution in [0.15, 0.2) is 53.1 Å². The number of rotatable bonds is 6. The fraction of sp³-hybridized carbons (Fsp3) is 0.211. The van der Waals surface area contributed by atoms with Crippen molar-refractivity contribution in [3.8, 4) is 11.4 Å². The van der Waals surface area contributed by atoms with Gasteiger partial charge in [0, 0.05) is 11.3 Å². The maximum Gasteiger partial charge on any atom is 0.416 e. The highest BCUT2D eigenvalue weighted by Crippen LogP contribution is 2.30. The van der Waals surface area contributed by atoms with Gasteiger partial charge in [0.25, 0.3) is 0 Å². The number of nitrogens with one attached hydrogen (secondary N) is 1. The SMILES string of the molecule is CN(CC(=O)Nc1cccc(F)c1)Cc1nc(-c2ccc(C(F)(F)F)cc2)no1. The molecule has 29 heavy (non-hydrogen) atoms. The van der Waals surface area contributed by atoms with E-state index in [-0.39, 0.29) is 30.7 Å². The van der Waals surface area contributed by atoms with E-state index in [4.69, 9.17) is 4.52 Å². The molecule has 1 aromatic heterocycles. The summed E-state index contributed by atoms with van der Waals surface area (Å²) in [6.07, 6.45) is -4.42. The van der Waals surface area contributed by atoms with Crippen LogP contribution in [0.1, 0.15) is 11.5 Å². The molecule has 0 radical (unpaired) electrons. The van der Waals surface area contributed by atoms with E-state index in [1.165, 1.54) is 30.3 Å². The Morgan fingerprint density at radius 2 is 1.90 bits per heavy atom. The molecule has 0 spiro atoms. The van der Waals surface area contributed by atoms with Gasteiger partial charge in [-0.1, -0.05) is 23.4 Å². The van der Waals surface area contributed by atoms with E-state index in [0.717, 1.165) is 12.1 Å². The van der Waals surface area contributed by atoms with Gasteiger partial charge in [-0.25, -0.2) is 4.39 Å². The van der Waals surface area contributed by atoms with E-state index in [1.807, 2.05) is 0 Å². The smallest absolute Gasteiger partial charge is 0.338 e. The summed E-state index contributed by atoms with van der Waals surface area (Å²) in [5.74, 6) is -0.481. The Balaban J connectivity index is 1.57. The molecule has 0 fully saturated rings. The van der Waals surface area contributed by atoms with Crippen molar-refractivity contribution in [2.75, 3.05) is 18.9 Å². The second kappa shape index (κ2) is 8.39. The van der Waals surface area contributed by atoms with Crippen LogP contribution < -0.4 is 5.32 Å². The lowest BCUT2D eigenvalue weighted by molar-refractivity contribution is -0.137. The molecule has 152 valence electrons. The quantitative estimate of drug-likeness (QED) is 0.625. The molecule has 1 heterocycles. The topological polar surface area (TPSA) is 71.3 Å². The van der Waals surface area contributed by atoms with Crippen LogP contribution in [0.4, 0.5) is 23.2 Å². The monoisotopic (exact) mass is 408 g/mol. The van der Waals surface area contributed by atoms with Crippen LogP contribution in [0.3, 0.4) is 0 Å². The summed E-state index contributed by atoms with van der Waals surface area (Å²) >= 11 is 0. The second-order valence-electron chi connectivity index (χ2n) is 6.32. The van der Waals surface area contributed by atoms with Gasteiger partial charge in [0.05, 0.1) is 18.7 Å². The Hall–Kier alpha value is -3.27. The first-order valence-corrected chi connectivity index (χ1v) is 8.45. The molecular formula is C19H16F4N4O2. The van der Waals surface area contributed by atoms with Crippen molar-refractivity contribution in [3.05, 3.63) is 65.8 Å². The van der Waals surface area contributed by atoms with Gasteiger partial charge in [-0.2, -0.15) is 18.2 Å². The lowest BCUT2D eigenvalue weighted by Crippen LogP contribution is -2.29. The molecular weight excluding hydrogens is 392 g/mol. The maximum absolute atomic E-state index is 13.1. The number of benzene rings is 2. The Bertz CT molecular complexity index is 986. The van der Waals surface area contributed by atoms with Crippen molar-refractivity contribution < 1.29 is 26.9 Å². The molecule has 6 nitrogen and oxygen atoms in total. The third-order valence-electron chi connectivity index (χ3n) is 3.87. The summed E-state index contributed by atoms with van der Waals surface area (Å²) in [6, 6.07) is 9.91. The standard InChI is InChI=1S/C19H16F4N4O2/c1-27(10-16(28)24-15-4-2-3-14(20)9-15)11-17-25-18(26-29-17)12-5-7-13(8-6-12)19(21,22)23/h2-9H,10-11H2,1H3,(H,24,28). The zero-order valence-electron chi connectivity index (χ0n) is 15.2. The normalized spacial score (nSPS) is 11.7. The van der Waals surface area contributed by atoms with Crippen molar-refractivity contribution in [2.45, 2.75) is 12.7 Å². The average Bonchev–Trinajstić information content (AvgIpc) is 3.09. The van der Waals surface area contributed by atoms with Crippen LogP contribution in [0.2, 0.25) is 0 Å². The van der Waals surface area contributed by atoms with E-state index in [2.05, 4.69) is 15.5 Å². The van der Waals surface area contributed by atoms with Crippen molar-refractivity contribution >= 4 is 11.6 Å². The molecule has 10 heteroatoms. The summed E-state index contributed by atoms with van der Waals surface area (Å²) < 4.78 is 56.1. The number of anilines is 1. The van der Waals surface area contributed by atoms with Gasteiger partial charge in [-0.3, -0.25) is 9.69 Å². The fourth-order valence-corrected chi connectivity index (χ4v) is 2.54. The minimum atomic E-state index is -4.42. The predicted octanol–water partition coefficient (Wildman–Crippen LogP) is 3.97. The van der Waals surface area contributed by atoms with Gasteiger partial charge in [-0.05, 0) is 37.4 Å². The van der Waals surface area contributed by atoms with Gasteiger partial charge < -0.3 is 9.84 Å². The van der Waals surface area contributed by atoms with Gasteiger partial charge in [0.2, 0.25) is 17.6 Å². The van der Waals surface area contributed by atoms with Crippen molar-refractivity contribution in [1.82, 2.24) is 15.0 Å². The molecule has 3 rings (SSSR count). The lowest BCUT2D eigenvalue weighted by Gasteiger charge is -2.13. The van der Waals surface area contributed by atoms with Crippen LogP contribution in [-0.4, -0.2) is 34.5 Å². The Morgan fingerprint density at radius 3 is 2.55 bits per heavy atom. The highest BCUT2D eigenvalue weighted by Gasteiger charge is 2.30. The predicted molar refractivity (Wildman–Crippen MR) is 96.1 cm³/mol. The molecule has 0 bridgehead atoms. The zero-order chi connectivity index (χ0) is 21.0. The first kappa shape index (κ1) is 20.5. The number of halogens is 4. The van der Waals surface area contributed by atoms with E-state index < -0.39 is 17.6 Å². The zero-order valence-corrected chi connectivity index (χ0v) is 15.2. The van der Waals surface area contributed by atoms with E-state index in [0.29, 0.717) is 11.3 Å². The number of alkyl halides is 3. The van der Waals surface area contributed by atoms with Crippen molar-refractivity contribution in [3.63, 3.8) is 0 Å². The van der Waals surface area contributed by atoms with Crippen LogP contribution in [0, 0.1) is 5.82 Å². The van der Waals surface area contributed by atoms with Crippen molar-refractivity contribution in [1.29, 1.82) is 0 Å². The molecule has 0 aliphatic carbocycles. The van der Waals surface area contributed by atoms with Crippen LogP contribution >= 0.6 is 0 Å². The molecule has 0 aliphatic rings. The first-order chi connectivity index (χ1) is 13.7. The summed E-state index contributed by atoms with van der Waals surface area (Å²) in [5.41, 5.74) is -0.0562. The third-order valence-corrected chi connectivity index (χ3v) is 3.87. The minimum absolute atomic E-state index is 0.0193. The molecule has 0 unspecified atom stereocenters. The largest absolute Gasteiger partial charge is 0.416 e. The van der Waals surface area contributed by atoms with Gasteiger partial charge >= 0.3 is 6.18 Å². The van der Waals surface area contributed by atoms with Gasteiger partial charge in [0.15, 0.2) is 0 Å². The Morgan fingerprint density at radius 1 is 1.17 bits per heavy atom. The first-order valence-electron chi connectivity index (χ1n) is 8.45. The third kappa shape index (κ3) is 5.61. The number of aromatic nitrogens is 2. The molecule has 1 N–H and O–H groups in total. The fourth-order valence-electron chi connectivity index (χ4n) is 2.54. The number of amides is 1. The molecule has 1 amide bonds.